The molecule has 5 nitrogen and oxygen atoms in total. The van der Waals surface area contributed by atoms with Crippen LogP contribution in [0.2, 0.25) is 0 Å². The quantitative estimate of drug-likeness (QED) is 0.881. The van der Waals surface area contributed by atoms with E-state index in [1.165, 1.54) is 11.8 Å². The Labute approximate surface area is 121 Å². The average Bonchev–Trinajstić information content (AvgIpc) is 2.91. The lowest BCUT2D eigenvalue weighted by Gasteiger charge is -2.30. The summed E-state index contributed by atoms with van der Waals surface area (Å²) in [5.74, 6) is 0.0250. The van der Waals surface area contributed by atoms with Crippen molar-refractivity contribution in [3.63, 3.8) is 0 Å². The van der Waals surface area contributed by atoms with Gasteiger partial charge in [-0.2, -0.15) is 0 Å². The van der Waals surface area contributed by atoms with Gasteiger partial charge in [-0.1, -0.05) is 23.5 Å². The summed E-state index contributed by atoms with van der Waals surface area (Å²) in [6, 6.07) is 8.17. The second kappa shape index (κ2) is 5.76. The summed E-state index contributed by atoms with van der Waals surface area (Å²) in [4.78, 5) is 23.3. The maximum atomic E-state index is 11.7. The maximum absolute atomic E-state index is 11.7. The lowest BCUT2D eigenvalue weighted by Crippen LogP contribution is -2.40. The maximum Gasteiger partial charge on any atom is 0.246 e. The summed E-state index contributed by atoms with van der Waals surface area (Å²) in [5, 5.41) is 1.05. The van der Waals surface area contributed by atoms with Crippen molar-refractivity contribution in [2.45, 2.75) is 12.8 Å². The van der Waals surface area contributed by atoms with Crippen LogP contribution >= 0.6 is 11.3 Å². The highest BCUT2D eigenvalue weighted by Crippen LogP contribution is 2.31. The van der Waals surface area contributed by atoms with Gasteiger partial charge in [-0.15, -0.1) is 0 Å². The van der Waals surface area contributed by atoms with Crippen LogP contribution in [-0.2, 0) is 9.63 Å². The molecule has 0 radical (unpaired) electrons. The van der Waals surface area contributed by atoms with E-state index in [9.17, 15) is 4.79 Å². The number of amides is 1. The van der Waals surface area contributed by atoms with E-state index < -0.39 is 0 Å². The number of benzene rings is 1. The Morgan fingerprint density at radius 2 is 2.15 bits per heavy atom. The predicted molar refractivity (Wildman–Crippen MR) is 79.7 cm³/mol. The van der Waals surface area contributed by atoms with Crippen LogP contribution in [0.5, 0.6) is 0 Å². The minimum atomic E-state index is -0.0172. The summed E-state index contributed by atoms with van der Waals surface area (Å²) in [6.45, 7) is 1.73. The standard InChI is InChI=1S/C14H17N3O2S/c1-19-16-13(18)10-6-8-17(9-7-10)14-15-11-4-2-3-5-12(11)20-14/h2-5,10H,6-9H2,1H3,(H,16,18). The highest BCUT2D eigenvalue weighted by atomic mass is 32.1. The second-order valence-electron chi connectivity index (χ2n) is 4.90. The highest BCUT2D eigenvalue weighted by Gasteiger charge is 2.26. The minimum absolute atomic E-state index is 0.0172. The van der Waals surface area contributed by atoms with Crippen LogP contribution in [0.15, 0.2) is 24.3 Å². The minimum Gasteiger partial charge on any atom is -0.348 e. The van der Waals surface area contributed by atoms with Gasteiger partial charge in [0.25, 0.3) is 0 Å². The topological polar surface area (TPSA) is 54.5 Å². The van der Waals surface area contributed by atoms with Crippen LogP contribution < -0.4 is 10.4 Å². The molecular weight excluding hydrogens is 274 g/mol. The van der Waals surface area contributed by atoms with Crippen LogP contribution in [0.25, 0.3) is 10.2 Å². The molecule has 0 aliphatic carbocycles. The molecule has 1 aromatic heterocycles. The number of hydrogen-bond acceptors (Lipinski definition) is 5. The molecular formula is C14H17N3O2S. The summed E-state index contributed by atoms with van der Waals surface area (Å²) >= 11 is 1.71. The number of piperidine rings is 1. The van der Waals surface area contributed by atoms with Gasteiger partial charge in [-0.05, 0) is 25.0 Å². The van der Waals surface area contributed by atoms with Gasteiger partial charge in [-0.25, -0.2) is 10.5 Å². The van der Waals surface area contributed by atoms with Gasteiger partial charge in [0.1, 0.15) is 0 Å². The largest absolute Gasteiger partial charge is 0.348 e. The number of nitrogens with one attached hydrogen (secondary N) is 1. The molecule has 0 unspecified atom stereocenters. The fourth-order valence-electron chi connectivity index (χ4n) is 2.51. The zero-order chi connectivity index (χ0) is 13.9. The van der Waals surface area contributed by atoms with Crippen LogP contribution in [0.1, 0.15) is 12.8 Å². The molecule has 2 aromatic rings. The number of hydrogen-bond donors (Lipinski definition) is 1. The number of carbonyl (C=O) groups excluding carboxylic acids is 1. The molecule has 1 fully saturated rings. The van der Waals surface area contributed by atoms with E-state index in [0.717, 1.165) is 36.6 Å². The first-order valence-corrected chi connectivity index (χ1v) is 7.53. The molecule has 20 heavy (non-hydrogen) atoms. The highest BCUT2D eigenvalue weighted by molar-refractivity contribution is 7.22. The molecule has 1 aliphatic heterocycles. The number of hydroxylamine groups is 1. The van der Waals surface area contributed by atoms with Gasteiger partial charge in [0.15, 0.2) is 5.13 Å². The van der Waals surface area contributed by atoms with Crippen molar-refractivity contribution in [1.82, 2.24) is 10.5 Å². The first kappa shape index (κ1) is 13.3. The van der Waals surface area contributed by atoms with E-state index in [1.54, 1.807) is 11.3 Å². The van der Waals surface area contributed by atoms with Gasteiger partial charge in [-0.3, -0.25) is 9.63 Å². The molecule has 1 amide bonds. The average molecular weight is 291 g/mol. The first-order chi connectivity index (χ1) is 9.78. The van der Waals surface area contributed by atoms with Crippen LogP contribution in [-0.4, -0.2) is 31.1 Å². The van der Waals surface area contributed by atoms with E-state index >= 15 is 0 Å². The molecule has 0 bridgehead atoms. The molecule has 6 heteroatoms. The molecule has 0 atom stereocenters. The second-order valence-corrected chi connectivity index (χ2v) is 5.91. The van der Waals surface area contributed by atoms with Crippen LogP contribution in [0, 0.1) is 5.92 Å². The Kier molecular flexibility index (Phi) is 3.84. The summed E-state index contributed by atoms with van der Waals surface area (Å²) in [5.41, 5.74) is 3.47. The van der Waals surface area contributed by atoms with Gasteiger partial charge in [0, 0.05) is 19.0 Å². The molecule has 1 aromatic carbocycles. The molecule has 106 valence electrons. The van der Waals surface area contributed by atoms with Crippen molar-refractivity contribution in [1.29, 1.82) is 0 Å². The third kappa shape index (κ3) is 2.62. The normalized spacial score (nSPS) is 16.6. The van der Waals surface area contributed by atoms with E-state index in [1.807, 2.05) is 18.2 Å². The number of para-hydroxylation sites is 1. The fourth-order valence-corrected chi connectivity index (χ4v) is 3.53. The lowest BCUT2D eigenvalue weighted by molar-refractivity contribution is -0.136. The number of rotatable bonds is 3. The van der Waals surface area contributed by atoms with Crippen LogP contribution in [0.3, 0.4) is 0 Å². The smallest absolute Gasteiger partial charge is 0.246 e. The third-order valence-corrected chi connectivity index (χ3v) is 4.72. The number of nitrogens with zero attached hydrogens (tertiary/aromatic N) is 2. The Morgan fingerprint density at radius 3 is 2.85 bits per heavy atom. The summed E-state index contributed by atoms with van der Waals surface area (Å²) in [7, 11) is 1.47. The van der Waals surface area contributed by atoms with Crippen molar-refractivity contribution in [3.05, 3.63) is 24.3 Å². The zero-order valence-corrected chi connectivity index (χ0v) is 12.2. The van der Waals surface area contributed by atoms with Crippen molar-refractivity contribution in [2.24, 2.45) is 5.92 Å². The summed E-state index contributed by atoms with van der Waals surface area (Å²) in [6.07, 6.45) is 1.68. The SMILES string of the molecule is CONC(=O)C1CCN(c2nc3ccccc3s2)CC1. The predicted octanol–water partition coefficient (Wildman–Crippen LogP) is 2.19. The van der Waals surface area contributed by atoms with Crippen molar-refractivity contribution < 1.29 is 9.63 Å². The molecule has 3 rings (SSSR count). The lowest BCUT2D eigenvalue weighted by atomic mass is 9.97. The Balaban J connectivity index is 1.67. The number of fused-ring (bicyclic) bond motifs is 1. The van der Waals surface area contributed by atoms with Gasteiger partial charge < -0.3 is 4.90 Å². The number of thiazole rings is 1. The molecule has 0 saturated carbocycles. The molecule has 0 spiro atoms. The molecule has 1 saturated heterocycles. The Morgan fingerprint density at radius 1 is 1.40 bits per heavy atom. The van der Waals surface area contributed by atoms with Crippen molar-refractivity contribution in [2.75, 3.05) is 25.1 Å². The number of anilines is 1. The molecule has 1 aliphatic rings. The molecule has 2 heterocycles. The monoisotopic (exact) mass is 291 g/mol. The Bertz CT molecular complexity index is 572. The van der Waals surface area contributed by atoms with Crippen LogP contribution in [0.4, 0.5) is 5.13 Å². The van der Waals surface area contributed by atoms with E-state index in [2.05, 4.69) is 26.3 Å². The van der Waals surface area contributed by atoms with E-state index in [0.29, 0.717) is 0 Å². The zero-order valence-electron chi connectivity index (χ0n) is 11.3. The van der Waals surface area contributed by atoms with Gasteiger partial charge >= 0.3 is 0 Å². The number of carbonyl (C=O) groups is 1. The van der Waals surface area contributed by atoms with Gasteiger partial charge in [0.05, 0.1) is 17.3 Å². The van der Waals surface area contributed by atoms with Crippen molar-refractivity contribution >= 4 is 32.6 Å². The first-order valence-electron chi connectivity index (χ1n) is 6.71. The number of aromatic nitrogens is 1. The third-order valence-electron chi connectivity index (χ3n) is 3.62. The van der Waals surface area contributed by atoms with E-state index in [-0.39, 0.29) is 11.8 Å². The molecule has 1 N–H and O–H groups in total. The summed E-state index contributed by atoms with van der Waals surface area (Å²) < 4.78 is 1.21. The Hall–Kier alpha value is -1.66. The van der Waals surface area contributed by atoms with Crippen molar-refractivity contribution in [3.8, 4) is 0 Å². The van der Waals surface area contributed by atoms with Gasteiger partial charge in [0.2, 0.25) is 5.91 Å². The van der Waals surface area contributed by atoms with E-state index in [4.69, 9.17) is 0 Å². The fraction of sp³-hybridized carbons (Fsp3) is 0.429.